The van der Waals surface area contributed by atoms with Gasteiger partial charge in [0.25, 0.3) is 0 Å². The van der Waals surface area contributed by atoms with E-state index in [9.17, 15) is 0 Å². The third kappa shape index (κ3) is 4.33. The number of imidazole rings is 1. The first-order valence-electron chi connectivity index (χ1n) is 10.8. The molecular formula is C23H26N8. The number of anilines is 3. The van der Waals surface area contributed by atoms with Gasteiger partial charge in [0, 0.05) is 24.6 Å². The Bertz CT molecular complexity index is 1180. The third-order valence-electron chi connectivity index (χ3n) is 5.86. The summed E-state index contributed by atoms with van der Waals surface area (Å²) in [6.07, 6.45) is 15.7. The minimum Gasteiger partial charge on any atom is -0.352 e. The first-order valence-corrected chi connectivity index (χ1v) is 10.8. The quantitative estimate of drug-likeness (QED) is 0.492. The molecule has 0 saturated heterocycles. The number of hydrogen-bond acceptors (Lipinski definition) is 7. The number of rotatable bonds is 5. The molecule has 0 aromatic carbocycles. The normalized spacial score (nSPS) is 18.8. The summed E-state index contributed by atoms with van der Waals surface area (Å²) in [5.74, 6) is 1.50. The Labute approximate surface area is 181 Å². The molecule has 4 heterocycles. The van der Waals surface area contributed by atoms with Crippen molar-refractivity contribution < 1.29 is 0 Å². The van der Waals surface area contributed by atoms with Crippen molar-refractivity contribution in [1.29, 1.82) is 0 Å². The molecule has 1 aliphatic carbocycles. The predicted molar refractivity (Wildman–Crippen MR) is 121 cm³/mol. The summed E-state index contributed by atoms with van der Waals surface area (Å²) in [6, 6.07) is 4.42. The molecule has 2 N–H and O–H groups in total. The van der Waals surface area contributed by atoms with E-state index in [1.54, 1.807) is 12.4 Å². The summed E-state index contributed by atoms with van der Waals surface area (Å²) in [7, 11) is 0. The lowest BCUT2D eigenvalue weighted by Gasteiger charge is -2.27. The van der Waals surface area contributed by atoms with Gasteiger partial charge in [0.2, 0.25) is 5.95 Å². The van der Waals surface area contributed by atoms with Crippen LogP contribution in [0, 0.1) is 12.8 Å². The molecular weight excluding hydrogens is 388 g/mol. The molecule has 31 heavy (non-hydrogen) atoms. The van der Waals surface area contributed by atoms with Crippen molar-refractivity contribution >= 4 is 23.0 Å². The topological polar surface area (TPSA) is 92.9 Å². The average Bonchev–Trinajstić information content (AvgIpc) is 3.20. The van der Waals surface area contributed by atoms with Gasteiger partial charge in [-0.1, -0.05) is 6.92 Å². The van der Waals surface area contributed by atoms with Crippen LogP contribution in [0.2, 0.25) is 0 Å². The van der Waals surface area contributed by atoms with Gasteiger partial charge in [-0.05, 0) is 56.2 Å². The van der Waals surface area contributed by atoms with E-state index in [0.717, 1.165) is 39.9 Å². The zero-order valence-corrected chi connectivity index (χ0v) is 17.8. The molecule has 8 nitrogen and oxygen atoms in total. The van der Waals surface area contributed by atoms with Crippen molar-refractivity contribution in [3.63, 3.8) is 0 Å². The van der Waals surface area contributed by atoms with Crippen molar-refractivity contribution in [2.24, 2.45) is 5.92 Å². The van der Waals surface area contributed by atoms with Gasteiger partial charge in [-0.3, -0.25) is 0 Å². The highest BCUT2D eigenvalue weighted by molar-refractivity contribution is 5.65. The second-order valence-corrected chi connectivity index (χ2v) is 8.39. The van der Waals surface area contributed by atoms with Crippen molar-refractivity contribution in [2.75, 3.05) is 10.6 Å². The average molecular weight is 415 g/mol. The number of pyridine rings is 1. The first kappa shape index (κ1) is 19.4. The van der Waals surface area contributed by atoms with Crippen LogP contribution in [0.4, 0.5) is 17.3 Å². The Hall–Kier alpha value is -3.55. The second kappa shape index (κ2) is 8.29. The molecule has 0 bridgehead atoms. The molecule has 5 rings (SSSR count). The number of nitrogens with zero attached hydrogens (tertiary/aromatic N) is 6. The molecule has 0 radical (unpaired) electrons. The van der Waals surface area contributed by atoms with Crippen LogP contribution in [-0.4, -0.2) is 35.4 Å². The molecule has 0 amide bonds. The Morgan fingerprint density at radius 3 is 2.55 bits per heavy atom. The van der Waals surface area contributed by atoms with E-state index < -0.39 is 0 Å². The molecule has 0 atom stereocenters. The van der Waals surface area contributed by atoms with Crippen LogP contribution in [0.15, 0.2) is 49.4 Å². The van der Waals surface area contributed by atoms with Gasteiger partial charge < -0.3 is 15.0 Å². The lowest BCUT2D eigenvalue weighted by molar-refractivity contribution is 0.360. The fourth-order valence-electron chi connectivity index (χ4n) is 4.07. The van der Waals surface area contributed by atoms with Crippen molar-refractivity contribution in [2.45, 2.75) is 45.6 Å². The third-order valence-corrected chi connectivity index (χ3v) is 5.86. The lowest BCUT2D eigenvalue weighted by Crippen LogP contribution is -2.26. The molecule has 4 aromatic heterocycles. The number of fused-ring (bicyclic) bond motifs is 1. The zero-order valence-electron chi connectivity index (χ0n) is 17.8. The monoisotopic (exact) mass is 414 g/mol. The van der Waals surface area contributed by atoms with E-state index in [2.05, 4.69) is 32.5 Å². The second-order valence-electron chi connectivity index (χ2n) is 8.39. The van der Waals surface area contributed by atoms with Crippen LogP contribution >= 0.6 is 0 Å². The highest BCUT2D eigenvalue weighted by Gasteiger charge is 2.19. The van der Waals surface area contributed by atoms with Gasteiger partial charge in [-0.15, -0.1) is 0 Å². The largest absolute Gasteiger partial charge is 0.352 e. The lowest BCUT2D eigenvalue weighted by atomic mass is 9.87. The summed E-state index contributed by atoms with van der Waals surface area (Å²) in [4.78, 5) is 22.2. The fraction of sp³-hybridized carbons (Fsp3) is 0.348. The predicted octanol–water partition coefficient (Wildman–Crippen LogP) is 4.62. The molecule has 158 valence electrons. The zero-order chi connectivity index (χ0) is 21.2. The summed E-state index contributed by atoms with van der Waals surface area (Å²) >= 11 is 0. The maximum absolute atomic E-state index is 4.81. The van der Waals surface area contributed by atoms with E-state index in [4.69, 9.17) is 9.97 Å². The molecule has 8 heteroatoms. The molecule has 0 unspecified atom stereocenters. The smallest absolute Gasteiger partial charge is 0.223 e. The number of aryl methyl sites for hydroxylation is 1. The fourth-order valence-corrected chi connectivity index (χ4v) is 4.07. The van der Waals surface area contributed by atoms with Gasteiger partial charge in [-0.2, -0.15) is 0 Å². The highest BCUT2D eigenvalue weighted by atomic mass is 15.1. The maximum Gasteiger partial charge on any atom is 0.223 e. The van der Waals surface area contributed by atoms with E-state index in [1.807, 2.05) is 42.0 Å². The molecule has 4 aromatic rings. The molecule has 0 aliphatic heterocycles. The maximum atomic E-state index is 4.81. The number of nitrogens with one attached hydrogen (secondary N) is 2. The van der Waals surface area contributed by atoms with Crippen LogP contribution in [0.5, 0.6) is 0 Å². The Morgan fingerprint density at radius 1 is 0.935 bits per heavy atom. The Balaban J connectivity index is 1.39. The van der Waals surface area contributed by atoms with Gasteiger partial charge in [-0.25, -0.2) is 24.9 Å². The molecule has 1 fully saturated rings. The van der Waals surface area contributed by atoms with Crippen LogP contribution < -0.4 is 10.6 Å². The van der Waals surface area contributed by atoms with E-state index in [1.165, 1.54) is 32.0 Å². The van der Waals surface area contributed by atoms with E-state index in [-0.39, 0.29) is 0 Å². The first-order chi connectivity index (χ1) is 15.1. The summed E-state index contributed by atoms with van der Waals surface area (Å²) in [6.45, 7) is 4.35. The van der Waals surface area contributed by atoms with Crippen LogP contribution in [-0.2, 0) is 0 Å². The molecule has 1 saturated carbocycles. The Kier molecular flexibility index (Phi) is 5.19. The van der Waals surface area contributed by atoms with Crippen molar-refractivity contribution in [3.05, 3.63) is 55.0 Å². The summed E-state index contributed by atoms with van der Waals surface area (Å²) < 4.78 is 2.00. The van der Waals surface area contributed by atoms with Crippen LogP contribution in [0.3, 0.4) is 0 Å². The molecule has 1 aliphatic rings. The number of hydrogen-bond donors (Lipinski definition) is 2. The van der Waals surface area contributed by atoms with Gasteiger partial charge >= 0.3 is 0 Å². The van der Waals surface area contributed by atoms with Gasteiger partial charge in [0.15, 0.2) is 0 Å². The van der Waals surface area contributed by atoms with Crippen molar-refractivity contribution in [1.82, 2.24) is 29.3 Å². The standard InChI is InChI=1S/C23H26N8/c1-15-3-5-17(6-4-15)28-23-26-9-16(2)22(30-23)20-13-31-12-18(7-8-21(31)29-20)27-19-10-24-14-25-11-19/h7-15,17,27H,3-6H2,1-2H3,(H,26,28,30). The van der Waals surface area contributed by atoms with Gasteiger partial charge in [0.05, 0.1) is 29.5 Å². The number of aromatic nitrogens is 6. The summed E-state index contributed by atoms with van der Waals surface area (Å²) in [5.41, 5.74) is 5.32. The van der Waals surface area contributed by atoms with E-state index in [0.29, 0.717) is 12.0 Å². The Morgan fingerprint density at radius 2 is 1.74 bits per heavy atom. The highest BCUT2D eigenvalue weighted by Crippen LogP contribution is 2.27. The minimum atomic E-state index is 0.448. The van der Waals surface area contributed by atoms with Crippen molar-refractivity contribution in [3.8, 4) is 11.4 Å². The van der Waals surface area contributed by atoms with Crippen LogP contribution in [0.1, 0.15) is 38.2 Å². The summed E-state index contributed by atoms with van der Waals surface area (Å²) in [5, 5.41) is 6.84. The minimum absolute atomic E-state index is 0.448. The van der Waals surface area contributed by atoms with Gasteiger partial charge in [0.1, 0.15) is 17.7 Å². The van der Waals surface area contributed by atoms with E-state index >= 15 is 0 Å². The molecule has 0 spiro atoms. The SMILES string of the molecule is Cc1cnc(NC2CCC(C)CC2)nc1-c1cn2cc(Nc3cncnc3)ccc2n1. The van der Waals surface area contributed by atoms with Crippen LogP contribution in [0.25, 0.3) is 17.0 Å².